The lowest BCUT2D eigenvalue weighted by atomic mass is 10.0. The van der Waals surface area contributed by atoms with E-state index in [4.69, 9.17) is 14.2 Å². The van der Waals surface area contributed by atoms with Crippen molar-refractivity contribution in [2.45, 2.75) is 164 Å². The first-order valence-electron chi connectivity index (χ1n) is 30.3. The van der Waals surface area contributed by atoms with Crippen molar-refractivity contribution in [3.05, 3.63) is 0 Å². The number of imide groups is 1. The Morgan fingerprint density at radius 3 is 1.25 bits per heavy atom. The Morgan fingerprint density at radius 2 is 0.870 bits per heavy atom. The normalized spacial score (nSPS) is 14.7. The number of aliphatic carboxylic acids is 9. The van der Waals surface area contributed by atoms with Crippen LogP contribution in [-0.4, -0.2) is 288 Å². The van der Waals surface area contributed by atoms with Crippen molar-refractivity contribution in [1.82, 2.24) is 35.6 Å². The molecule has 1 aliphatic heterocycles. The number of rotatable bonds is 59. The second-order valence-electron chi connectivity index (χ2n) is 22.0. The number of carboxylic acid groups (broad SMARTS) is 9. The fourth-order valence-corrected chi connectivity index (χ4v) is 10.9. The first-order valence-corrected chi connectivity index (χ1v) is 31.3. The van der Waals surface area contributed by atoms with Crippen LogP contribution >= 0.6 is 11.8 Å². The summed E-state index contributed by atoms with van der Waals surface area (Å²) in [4.78, 5) is 186. The first kappa shape index (κ1) is 82.6. The number of likely N-dealkylation sites (tertiary alicyclic amines) is 1. The largest absolute Gasteiger partial charge is 0.480 e. The van der Waals surface area contributed by atoms with Gasteiger partial charge in [-0.2, -0.15) is 0 Å². The van der Waals surface area contributed by atoms with Crippen LogP contribution in [0.5, 0.6) is 0 Å². The maximum absolute atomic E-state index is 14.0. The molecule has 12 N–H and O–H groups in total. The summed E-state index contributed by atoms with van der Waals surface area (Å²) >= 11 is 1.37. The van der Waals surface area contributed by atoms with Crippen LogP contribution in [0.3, 0.4) is 0 Å². The molecule has 4 atom stereocenters. The molecular weight excluding hydrogens is 1250 g/mol. The van der Waals surface area contributed by atoms with Gasteiger partial charge in [-0.25, -0.2) is 0 Å². The van der Waals surface area contributed by atoms with Gasteiger partial charge >= 0.3 is 53.7 Å². The van der Waals surface area contributed by atoms with Crippen molar-refractivity contribution in [1.29, 1.82) is 0 Å². The minimum absolute atomic E-state index is 0.00153. The molecule has 4 unspecified atom stereocenters. The van der Waals surface area contributed by atoms with E-state index in [0.717, 1.165) is 45.3 Å². The lowest BCUT2D eigenvalue weighted by Crippen LogP contribution is -2.59. The number of thioether (sulfide) groups is 1. The molecule has 0 saturated carbocycles. The summed E-state index contributed by atoms with van der Waals surface area (Å²) in [7, 11) is 0. The van der Waals surface area contributed by atoms with Crippen LogP contribution in [0.4, 0.5) is 0 Å². The van der Waals surface area contributed by atoms with E-state index in [2.05, 4.69) is 22.9 Å². The number of ether oxygens (including phenoxy) is 3. The predicted molar refractivity (Wildman–Crippen MR) is 320 cm³/mol. The summed E-state index contributed by atoms with van der Waals surface area (Å²) in [6, 6.07) is -4.31. The number of amides is 5. The summed E-state index contributed by atoms with van der Waals surface area (Å²) in [6.07, 6.45) is 3.75. The van der Waals surface area contributed by atoms with Crippen LogP contribution in [-0.2, 0) is 86.1 Å². The van der Waals surface area contributed by atoms with Crippen LogP contribution in [0.1, 0.15) is 135 Å². The zero-order valence-electron chi connectivity index (χ0n) is 51.8. The van der Waals surface area contributed by atoms with Gasteiger partial charge < -0.3 is 76.1 Å². The zero-order valence-corrected chi connectivity index (χ0v) is 52.7. The Bertz CT molecular complexity index is 2200. The van der Waals surface area contributed by atoms with E-state index >= 15 is 0 Å². The average Bonchev–Trinajstić information content (AvgIpc) is 1.67. The van der Waals surface area contributed by atoms with Crippen LogP contribution in [0.25, 0.3) is 0 Å². The lowest BCUT2D eigenvalue weighted by Gasteiger charge is -2.34. The molecule has 1 aliphatic rings. The van der Waals surface area contributed by atoms with Gasteiger partial charge in [-0.15, -0.1) is 11.8 Å². The van der Waals surface area contributed by atoms with Crippen LogP contribution < -0.4 is 16.0 Å². The number of unbranched alkanes of at least 4 members (excludes halogenated alkanes) is 7. The van der Waals surface area contributed by atoms with Crippen molar-refractivity contribution >= 4 is 101 Å². The molecule has 0 aromatic rings. The van der Waals surface area contributed by atoms with Crippen LogP contribution in [0.15, 0.2) is 0 Å². The Hall–Kier alpha value is -7.44. The smallest absolute Gasteiger partial charge is 0.320 e. The molecule has 1 saturated heterocycles. The van der Waals surface area contributed by atoms with E-state index in [0.29, 0.717) is 12.2 Å². The molecule has 0 bridgehead atoms. The van der Waals surface area contributed by atoms with Gasteiger partial charge in [0, 0.05) is 58.2 Å². The molecule has 92 heavy (non-hydrogen) atoms. The maximum Gasteiger partial charge on any atom is 0.320 e. The Morgan fingerprint density at radius 1 is 0.489 bits per heavy atom. The molecule has 5 amide bonds. The predicted octanol–water partition coefficient (Wildman–Crippen LogP) is -0.242. The number of ketones is 1. The van der Waals surface area contributed by atoms with Gasteiger partial charge in [0.1, 0.15) is 29.4 Å². The summed E-state index contributed by atoms with van der Waals surface area (Å²) in [6.45, 7) is -5.40. The van der Waals surface area contributed by atoms with Crippen molar-refractivity contribution in [2.24, 2.45) is 0 Å². The van der Waals surface area contributed by atoms with E-state index in [-0.39, 0.29) is 135 Å². The Kier molecular flexibility index (Phi) is 41.8. The summed E-state index contributed by atoms with van der Waals surface area (Å²) in [5.41, 5.74) is -1.68. The van der Waals surface area contributed by atoms with Crippen LogP contribution in [0.2, 0.25) is 0 Å². The quantitative estimate of drug-likeness (QED) is 0.0276. The number of nitrogens with one attached hydrogen (secondary N) is 3. The van der Waals surface area contributed by atoms with E-state index in [9.17, 15) is 118 Å². The fraction of sp³-hybridized carbons (Fsp3) is 0.737. The van der Waals surface area contributed by atoms with E-state index in [1.165, 1.54) is 11.8 Å². The molecular formula is C57H91N7O27S. The van der Waals surface area contributed by atoms with Gasteiger partial charge in [0.15, 0.2) is 0 Å². The number of Topliss-reactive ketones (excluding diaryl/α,β-unsaturated/α-hetero) is 1. The molecule has 34 nitrogen and oxygen atoms in total. The highest BCUT2D eigenvalue weighted by Gasteiger charge is 2.40. The third kappa shape index (κ3) is 37.2. The number of hydrogen-bond donors (Lipinski definition) is 12. The van der Waals surface area contributed by atoms with Gasteiger partial charge in [0.2, 0.25) is 29.5 Å². The minimum atomic E-state index is -1.68. The summed E-state index contributed by atoms with van der Waals surface area (Å²) in [5, 5.41) is 91.7. The highest BCUT2D eigenvalue weighted by molar-refractivity contribution is 8.00. The first-order chi connectivity index (χ1) is 43.5. The Balaban J connectivity index is 3.31. The van der Waals surface area contributed by atoms with Crippen molar-refractivity contribution in [3.63, 3.8) is 0 Å². The van der Waals surface area contributed by atoms with Gasteiger partial charge in [0.25, 0.3) is 0 Å². The number of carboxylic acids is 9. The van der Waals surface area contributed by atoms with Gasteiger partial charge in [-0.05, 0) is 63.5 Å². The topological polar surface area (TPSA) is 515 Å². The molecule has 0 radical (unpaired) electrons. The molecule has 522 valence electrons. The molecule has 0 aromatic carbocycles. The Labute approximate surface area is 535 Å². The molecule has 1 rings (SSSR count). The van der Waals surface area contributed by atoms with E-state index in [1.54, 1.807) is 0 Å². The summed E-state index contributed by atoms with van der Waals surface area (Å²) in [5.74, 6) is -15.2. The average molecular weight is 1340 g/mol. The summed E-state index contributed by atoms with van der Waals surface area (Å²) < 4.78 is 17.9. The third-order valence-corrected chi connectivity index (χ3v) is 15.5. The number of carbonyl (C=O) groups is 15. The lowest BCUT2D eigenvalue weighted by molar-refractivity contribution is -0.152. The second-order valence-corrected chi connectivity index (χ2v) is 23.3. The van der Waals surface area contributed by atoms with Gasteiger partial charge in [0.05, 0.1) is 84.2 Å². The van der Waals surface area contributed by atoms with Crippen molar-refractivity contribution in [2.75, 3.05) is 104 Å². The molecule has 1 fully saturated rings. The van der Waals surface area contributed by atoms with Crippen LogP contribution in [0, 0.1) is 0 Å². The fourth-order valence-electron chi connectivity index (χ4n) is 9.67. The molecule has 0 aromatic heterocycles. The molecule has 35 heteroatoms. The molecule has 0 spiro atoms. The number of nitrogens with zero attached hydrogens (tertiary/aromatic N) is 4. The number of hydrogen-bond acceptors (Lipinski definition) is 22. The standard InChI is InChI=1S/C57H91N7O27S/c1-2-3-4-12-27-92-42-28-46(69)64(53(42)82)23-17-45(68)60-57(35-89-24-18-38(65)13-6-5-7-14-39(54(83)84)61(29-47(70)71)30-48(72)73,36-90-25-19-43(66)58-21-10-8-15-40(55(85)86)62(31-49(74)75)32-50(76)77)37-91-26-20-44(67)59-22-11-9-16-41(56(87)88)63(33-51(78)79)34-52(80)81/h39-42H,2-37H2,1H3,(H,58,66)(H,59,67)(H,60,68)(H,70,71)(H,72,73)(H,74,75)(H,76,77)(H,78,79)(H,80,81)(H,83,84)(H,85,86)(H,87,88). The highest BCUT2D eigenvalue weighted by Crippen LogP contribution is 2.27. The monoisotopic (exact) mass is 1340 g/mol. The minimum Gasteiger partial charge on any atom is -0.480 e. The second kappa shape index (κ2) is 46.6. The van der Waals surface area contributed by atoms with Gasteiger partial charge in [-0.1, -0.05) is 39.0 Å². The zero-order chi connectivity index (χ0) is 69.2. The molecule has 1 heterocycles. The van der Waals surface area contributed by atoms with E-state index in [1.807, 2.05) is 0 Å². The highest BCUT2D eigenvalue weighted by atomic mass is 32.2. The number of carbonyl (C=O) groups excluding carboxylic acids is 6. The van der Waals surface area contributed by atoms with Crippen molar-refractivity contribution in [3.8, 4) is 0 Å². The van der Waals surface area contributed by atoms with Crippen molar-refractivity contribution < 1.29 is 132 Å². The SMILES string of the molecule is CCCCCCSC1CC(=O)N(CCC(=O)NC(COCCC(=O)CCCCCC(C(=O)O)N(CC(=O)O)CC(=O)O)(COCCC(=O)NCCCCC(C(=O)O)N(CC(=O)O)CC(=O)O)COCCC(=O)NCCCCC(C(=O)O)N(CC(=O)O)CC(=O)O)C1=O. The molecule has 0 aliphatic carbocycles. The van der Waals surface area contributed by atoms with Gasteiger partial charge in [-0.3, -0.25) is 91.5 Å². The van der Waals surface area contributed by atoms with E-state index < -0.39 is 178 Å². The maximum atomic E-state index is 14.0. The third-order valence-electron chi connectivity index (χ3n) is 14.2.